The first-order chi connectivity index (χ1) is 7.09. The fourth-order valence-electron chi connectivity index (χ4n) is 3.04. The van der Waals surface area contributed by atoms with Crippen molar-refractivity contribution in [1.82, 2.24) is 0 Å². The van der Waals surface area contributed by atoms with Crippen molar-refractivity contribution in [2.45, 2.75) is 53.4 Å². The molecule has 0 N–H and O–H groups in total. The first kappa shape index (κ1) is 11.0. The van der Waals surface area contributed by atoms with Crippen LogP contribution in [-0.4, -0.2) is 0 Å². The molecule has 2 aliphatic carbocycles. The number of allylic oxidation sites excluding steroid dienone is 4. The molecule has 0 heterocycles. The second-order valence-corrected chi connectivity index (χ2v) is 5.73. The highest BCUT2D eigenvalue weighted by Gasteiger charge is 2.26. The zero-order chi connectivity index (χ0) is 11.0. The first-order valence-corrected chi connectivity index (χ1v) is 6.53. The molecule has 0 saturated carbocycles. The van der Waals surface area contributed by atoms with Crippen LogP contribution >= 0.6 is 0 Å². The van der Waals surface area contributed by atoms with E-state index in [2.05, 4.69) is 33.8 Å². The van der Waals surface area contributed by atoms with Gasteiger partial charge in [-0.25, -0.2) is 0 Å². The summed E-state index contributed by atoms with van der Waals surface area (Å²) in [7, 11) is 0. The average molecular weight is 204 g/mol. The molecule has 2 unspecified atom stereocenters. The molecule has 0 aromatic carbocycles. The molecule has 0 aromatic heterocycles. The number of hydrogen-bond donors (Lipinski definition) is 0. The lowest BCUT2D eigenvalue weighted by Gasteiger charge is -2.13. The topological polar surface area (TPSA) is 0 Å². The third kappa shape index (κ3) is 2.04. The lowest BCUT2D eigenvalue weighted by molar-refractivity contribution is 0.568. The third-order valence-corrected chi connectivity index (χ3v) is 4.29. The highest BCUT2D eigenvalue weighted by Crippen LogP contribution is 2.42. The summed E-state index contributed by atoms with van der Waals surface area (Å²) in [6.45, 7) is 9.49. The minimum atomic E-state index is 0.733. The molecule has 84 valence electrons. The molecule has 0 radical (unpaired) electrons. The van der Waals surface area contributed by atoms with Crippen molar-refractivity contribution in [3.05, 3.63) is 22.8 Å². The van der Waals surface area contributed by atoms with E-state index < -0.39 is 0 Å². The predicted octanol–water partition coefficient (Wildman–Crippen LogP) is 4.73. The monoisotopic (exact) mass is 204 g/mol. The van der Waals surface area contributed by atoms with Crippen LogP contribution in [0.1, 0.15) is 53.4 Å². The van der Waals surface area contributed by atoms with Gasteiger partial charge in [-0.3, -0.25) is 0 Å². The Morgan fingerprint density at radius 3 is 2.40 bits per heavy atom. The van der Waals surface area contributed by atoms with Crippen molar-refractivity contribution >= 4 is 0 Å². The highest BCUT2D eigenvalue weighted by molar-refractivity contribution is 5.37. The number of hydrogen-bond acceptors (Lipinski definition) is 0. The Hall–Kier alpha value is -0.520. The van der Waals surface area contributed by atoms with Gasteiger partial charge in [0.25, 0.3) is 0 Å². The molecule has 2 aliphatic rings. The summed E-state index contributed by atoms with van der Waals surface area (Å²) in [4.78, 5) is 0. The molecule has 0 amide bonds. The molecular weight excluding hydrogens is 180 g/mol. The molecular formula is C15H24. The van der Waals surface area contributed by atoms with Gasteiger partial charge in [0.05, 0.1) is 0 Å². The minimum absolute atomic E-state index is 0.733. The van der Waals surface area contributed by atoms with Crippen molar-refractivity contribution in [2.24, 2.45) is 17.8 Å². The second kappa shape index (κ2) is 4.15. The summed E-state index contributed by atoms with van der Waals surface area (Å²) in [5.41, 5.74) is 5.16. The predicted molar refractivity (Wildman–Crippen MR) is 66.7 cm³/mol. The molecule has 0 aliphatic heterocycles. The van der Waals surface area contributed by atoms with Crippen molar-refractivity contribution in [3.63, 3.8) is 0 Å². The quantitative estimate of drug-likeness (QED) is 0.579. The molecule has 0 spiro atoms. The van der Waals surface area contributed by atoms with Gasteiger partial charge in [0, 0.05) is 0 Å². The van der Waals surface area contributed by atoms with E-state index in [9.17, 15) is 0 Å². The van der Waals surface area contributed by atoms with Gasteiger partial charge in [0.2, 0.25) is 0 Å². The van der Waals surface area contributed by atoms with Crippen LogP contribution in [0.15, 0.2) is 22.8 Å². The Morgan fingerprint density at radius 1 is 1.07 bits per heavy atom. The van der Waals surface area contributed by atoms with Gasteiger partial charge < -0.3 is 0 Å². The van der Waals surface area contributed by atoms with Crippen LogP contribution < -0.4 is 0 Å². The third-order valence-electron chi connectivity index (χ3n) is 4.29. The lowest BCUT2D eigenvalue weighted by Crippen LogP contribution is -1.99. The molecule has 0 heteroatoms. The van der Waals surface area contributed by atoms with Gasteiger partial charge in [-0.1, -0.05) is 44.9 Å². The largest absolute Gasteiger partial charge is 0.0674 e. The summed E-state index contributed by atoms with van der Waals surface area (Å²) < 4.78 is 0. The van der Waals surface area contributed by atoms with Gasteiger partial charge in [0.1, 0.15) is 0 Å². The zero-order valence-corrected chi connectivity index (χ0v) is 10.6. The van der Waals surface area contributed by atoms with Crippen LogP contribution in [0.3, 0.4) is 0 Å². The van der Waals surface area contributed by atoms with Crippen LogP contribution in [0.2, 0.25) is 0 Å². The van der Waals surface area contributed by atoms with Crippen LogP contribution in [0, 0.1) is 17.8 Å². The molecule has 2 rings (SSSR count). The van der Waals surface area contributed by atoms with Gasteiger partial charge in [-0.2, -0.15) is 0 Å². The van der Waals surface area contributed by atoms with Gasteiger partial charge >= 0.3 is 0 Å². The van der Waals surface area contributed by atoms with Crippen molar-refractivity contribution in [3.8, 4) is 0 Å². The van der Waals surface area contributed by atoms with E-state index in [0.717, 1.165) is 17.8 Å². The summed E-state index contributed by atoms with van der Waals surface area (Å²) in [6.07, 6.45) is 7.98. The van der Waals surface area contributed by atoms with Crippen LogP contribution in [0.25, 0.3) is 0 Å². The minimum Gasteiger partial charge on any atom is -0.0674 e. The SMILES string of the molecule is CC(C)C1=CC2=C(CCC2C)C(C)CC1. The van der Waals surface area contributed by atoms with Crippen molar-refractivity contribution in [1.29, 1.82) is 0 Å². The Morgan fingerprint density at radius 2 is 1.73 bits per heavy atom. The molecule has 15 heavy (non-hydrogen) atoms. The summed E-state index contributed by atoms with van der Waals surface area (Å²) in [6, 6.07) is 0. The van der Waals surface area contributed by atoms with Gasteiger partial charge in [0.15, 0.2) is 0 Å². The Kier molecular flexibility index (Phi) is 3.04. The maximum absolute atomic E-state index is 2.54. The van der Waals surface area contributed by atoms with E-state index in [1.807, 2.05) is 0 Å². The lowest BCUT2D eigenvalue weighted by atomic mass is 9.92. The smallest absolute Gasteiger partial charge is 0.0188 e. The highest BCUT2D eigenvalue weighted by atomic mass is 14.3. The second-order valence-electron chi connectivity index (χ2n) is 5.73. The fraction of sp³-hybridized carbons (Fsp3) is 0.733. The van der Waals surface area contributed by atoms with Gasteiger partial charge in [-0.05, 0) is 49.0 Å². The maximum Gasteiger partial charge on any atom is -0.0188 e. The molecule has 0 fully saturated rings. The van der Waals surface area contributed by atoms with E-state index in [1.54, 1.807) is 16.7 Å². The Balaban J connectivity index is 2.34. The van der Waals surface area contributed by atoms with E-state index in [-0.39, 0.29) is 0 Å². The summed E-state index contributed by atoms with van der Waals surface area (Å²) in [5.74, 6) is 2.38. The maximum atomic E-state index is 2.54. The molecule has 0 aromatic rings. The van der Waals surface area contributed by atoms with Gasteiger partial charge in [-0.15, -0.1) is 0 Å². The Bertz CT molecular complexity index is 304. The fourth-order valence-corrected chi connectivity index (χ4v) is 3.04. The molecule has 0 nitrogen and oxygen atoms in total. The molecule has 0 saturated heterocycles. The van der Waals surface area contributed by atoms with Crippen LogP contribution in [0.5, 0.6) is 0 Å². The molecule has 0 bridgehead atoms. The Labute approximate surface area is 94.5 Å². The van der Waals surface area contributed by atoms with E-state index in [0.29, 0.717) is 0 Å². The van der Waals surface area contributed by atoms with E-state index in [4.69, 9.17) is 0 Å². The summed E-state index contributed by atoms with van der Waals surface area (Å²) >= 11 is 0. The van der Waals surface area contributed by atoms with E-state index >= 15 is 0 Å². The molecule has 2 atom stereocenters. The van der Waals surface area contributed by atoms with Crippen LogP contribution in [-0.2, 0) is 0 Å². The van der Waals surface area contributed by atoms with Crippen molar-refractivity contribution < 1.29 is 0 Å². The number of rotatable bonds is 1. The van der Waals surface area contributed by atoms with E-state index in [1.165, 1.54) is 25.7 Å². The normalized spacial score (nSPS) is 31.7. The zero-order valence-electron chi connectivity index (χ0n) is 10.6. The van der Waals surface area contributed by atoms with Crippen molar-refractivity contribution in [2.75, 3.05) is 0 Å². The van der Waals surface area contributed by atoms with Crippen LogP contribution in [0.4, 0.5) is 0 Å². The standard InChI is InChI=1S/C15H24/c1-10(2)13-7-5-11(3)14-8-6-12(4)15(14)9-13/h9-12H,5-8H2,1-4H3. The average Bonchev–Trinajstić information content (AvgIpc) is 2.43. The first-order valence-electron chi connectivity index (χ1n) is 6.53. The summed E-state index contributed by atoms with van der Waals surface area (Å²) in [5, 5.41) is 0.